The van der Waals surface area contributed by atoms with Crippen LogP contribution in [0.1, 0.15) is 36.1 Å². The Morgan fingerprint density at radius 2 is 1.64 bits per heavy atom. The van der Waals surface area contributed by atoms with E-state index in [-0.39, 0.29) is 11.5 Å². The first-order valence-electron chi connectivity index (χ1n) is 9.11. The van der Waals surface area contributed by atoms with Crippen LogP contribution >= 0.6 is 23.2 Å². The third-order valence-electron chi connectivity index (χ3n) is 4.82. The molecule has 0 aliphatic carbocycles. The second-order valence-corrected chi connectivity index (χ2v) is 7.96. The van der Waals surface area contributed by atoms with E-state index in [1.807, 2.05) is 33.8 Å². The van der Waals surface area contributed by atoms with Gasteiger partial charge in [0.25, 0.3) is 5.56 Å². The summed E-state index contributed by atoms with van der Waals surface area (Å²) in [5.74, 6) is -0.284. The monoisotopic (exact) mass is 416 g/mol. The van der Waals surface area contributed by atoms with Crippen LogP contribution in [0.15, 0.2) is 41.2 Å². The lowest BCUT2D eigenvalue weighted by Crippen LogP contribution is -2.33. The van der Waals surface area contributed by atoms with Gasteiger partial charge in [0.1, 0.15) is 6.04 Å². The van der Waals surface area contributed by atoms with E-state index in [4.69, 9.17) is 23.2 Å². The number of anilines is 1. The maximum atomic E-state index is 13.1. The molecule has 2 aromatic carbocycles. The van der Waals surface area contributed by atoms with Gasteiger partial charge >= 0.3 is 0 Å². The van der Waals surface area contributed by atoms with Crippen molar-refractivity contribution in [3.05, 3.63) is 73.5 Å². The Labute approximate surface area is 174 Å². The van der Waals surface area contributed by atoms with Crippen molar-refractivity contribution in [1.29, 1.82) is 0 Å². The number of carbonyl (C=O) groups excluding carboxylic acids is 1. The van der Waals surface area contributed by atoms with Crippen molar-refractivity contribution in [2.75, 3.05) is 5.32 Å². The van der Waals surface area contributed by atoms with Crippen molar-refractivity contribution in [3.8, 4) is 0 Å². The summed E-state index contributed by atoms with van der Waals surface area (Å²) in [6.07, 6.45) is 0.464. The van der Waals surface area contributed by atoms with Gasteiger partial charge in [-0.2, -0.15) is 0 Å². The normalized spacial score (nSPS) is 12.2. The predicted molar refractivity (Wildman–Crippen MR) is 117 cm³/mol. The minimum atomic E-state index is -0.658. The molecule has 1 unspecified atom stereocenters. The first-order chi connectivity index (χ1) is 13.2. The summed E-state index contributed by atoms with van der Waals surface area (Å²) < 4.78 is 1.60. The maximum absolute atomic E-state index is 13.1. The fraction of sp³-hybridized carbons (Fsp3) is 0.273. The molecule has 28 heavy (non-hydrogen) atoms. The summed E-state index contributed by atoms with van der Waals surface area (Å²) in [4.78, 5) is 26.0. The zero-order chi connectivity index (χ0) is 20.6. The van der Waals surface area contributed by atoms with Crippen LogP contribution in [-0.4, -0.2) is 10.5 Å². The Kier molecular flexibility index (Phi) is 5.82. The van der Waals surface area contributed by atoms with Crippen molar-refractivity contribution in [1.82, 2.24) is 4.57 Å². The molecule has 0 radical (unpaired) electrons. The molecule has 1 aromatic heterocycles. The number of fused-ring (bicyclic) bond motifs is 1. The molecule has 146 valence electrons. The van der Waals surface area contributed by atoms with Gasteiger partial charge in [0.2, 0.25) is 5.91 Å². The lowest BCUT2D eigenvalue weighted by molar-refractivity contribution is -0.119. The number of aryl methyl sites for hydroxylation is 3. The van der Waals surface area contributed by atoms with Crippen LogP contribution in [0.25, 0.3) is 10.9 Å². The fourth-order valence-corrected chi connectivity index (χ4v) is 4.20. The molecule has 0 saturated heterocycles. The third-order valence-corrected chi connectivity index (χ3v) is 5.26. The van der Waals surface area contributed by atoms with Crippen LogP contribution in [0.4, 0.5) is 5.69 Å². The van der Waals surface area contributed by atoms with Crippen molar-refractivity contribution in [3.63, 3.8) is 0 Å². The van der Waals surface area contributed by atoms with E-state index in [1.54, 1.807) is 28.8 Å². The smallest absolute Gasteiger partial charge is 0.252 e. The predicted octanol–water partition coefficient (Wildman–Crippen LogP) is 5.82. The molecule has 0 saturated carbocycles. The Morgan fingerprint density at radius 1 is 1.00 bits per heavy atom. The second-order valence-electron chi connectivity index (χ2n) is 7.08. The Hall–Kier alpha value is -2.30. The van der Waals surface area contributed by atoms with E-state index in [0.29, 0.717) is 22.2 Å². The molecule has 1 amide bonds. The first-order valence-corrected chi connectivity index (χ1v) is 9.87. The quantitative estimate of drug-likeness (QED) is 0.581. The highest BCUT2D eigenvalue weighted by Crippen LogP contribution is 2.27. The van der Waals surface area contributed by atoms with Crippen LogP contribution in [0.5, 0.6) is 0 Å². The third kappa shape index (κ3) is 3.94. The van der Waals surface area contributed by atoms with E-state index in [0.717, 1.165) is 27.6 Å². The van der Waals surface area contributed by atoms with Gasteiger partial charge in [-0.3, -0.25) is 14.2 Å². The largest absolute Gasteiger partial charge is 0.324 e. The molecule has 0 aliphatic rings. The highest BCUT2D eigenvalue weighted by Gasteiger charge is 2.23. The zero-order valence-corrected chi connectivity index (χ0v) is 17.8. The summed E-state index contributed by atoms with van der Waals surface area (Å²) in [5.41, 5.74) is 4.08. The van der Waals surface area contributed by atoms with Crippen molar-refractivity contribution in [2.45, 2.75) is 40.2 Å². The minimum absolute atomic E-state index is 0.192. The van der Waals surface area contributed by atoms with Gasteiger partial charge in [-0.05, 0) is 62.6 Å². The minimum Gasteiger partial charge on any atom is -0.324 e. The fourth-order valence-electron chi connectivity index (χ4n) is 3.67. The Bertz CT molecular complexity index is 1120. The van der Waals surface area contributed by atoms with E-state index in [2.05, 4.69) is 11.4 Å². The van der Waals surface area contributed by atoms with Crippen LogP contribution in [0, 0.1) is 20.8 Å². The zero-order valence-electron chi connectivity index (χ0n) is 16.3. The summed E-state index contributed by atoms with van der Waals surface area (Å²) in [5, 5.41) is 4.68. The number of amides is 1. The number of nitrogens with zero attached hydrogens (tertiary/aromatic N) is 1. The lowest BCUT2D eigenvalue weighted by Gasteiger charge is -2.22. The first kappa shape index (κ1) is 20.4. The lowest BCUT2D eigenvalue weighted by atomic mass is 10.0. The number of pyridine rings is 1. The number of aromatic nitrogens is 1. The number of hydrogen-bond donors (Lipinski definition) is 1. The number of rotatable bonds is 4. The van der Waals surface area contributed by atoms with E-state index < -0.39 is 6.04 Å². The molecule has 4 nitrogen and oxygen atoms in total. The Balaban J connectivity index is 2.13. The summed E-state index contributed by atoms with van der Waals surface area (Å²) in [6.45, 7) is 7.79. The Morgan fingerprint density at radius 3 is 2.25 bits per heavy atom. The van der Waals surface area contributed by atoms with Gasteiger partial charge in [-0.1, -0.05) is 41.8 Å². The number of hydrogen-bond acceptors (Lipinski definition) is 2. The van der Waals surface area contributed by atoms with Gasteiger partial charge < -0.3 is 5.32 Å². The molecule has 6 heteroatoms. The highest BCUT2D eigenvalue weighted by atomic mass is 35.5. The van der Waals surface area contributed by atoms with E-state index >= 15 is 0 Å². The topological polar surface area (TPSA) is 51.1 Å². The molecular formula is C22H22Cl2N2O2. The summed E-state index contributed by atoms with van der Waals surface area (Å²) >= 11 is 12.1. The molecular weight excluding hydrogens is 395 g/mol. The average Bonchev–Trinajstić information content (AvgIpc) is 2.57. The van der Waals surface area contributed by atoms with Crippen molar-refractivity contribution in [2.24, 2.45) is 0 Å². The molecule has 0 spiro atoms. The van der Waals surface area contributed by atoms with Crippen LogP contribution < -0.4 is 10.9 Å². The number of carbonyl (C=O) groups is 1. The molecule has 3 aromatic rings. The van der Waals surface area contributed by atoms with Gasteiger partial charge in [0, 0.05) is 27.2 Å². The highest BCUT2D eigenvalue weighted by molar-refractivity contribution is 6.35. The number of halogens is 2. The molecule has 1 heterocycles. The van der Waals surface area contributed by atoms with E-state index in [1.165, 1.54) is 0 Å². The van der Waals surface area contributed by atoms with Gasteiger partial charge in [-0.15, -0.1) is 0 Å². The van der Waals surface area contributed by atoms with Gasteiger partial charge in [-0.25, -0.2) is 0 Å². The molecule has 1 atom stereocenters. The summed E-state index contributed by atoms with van der Waals surface area (Å²) in [6, 6.07) is 9.86. The van der Waals surface area contributed by atoms with Gasteiger partial charge in [0.15, 0.2) is 0 Å². The molecule has 0 fully saturated rings. The summed E-state index contributed by atoms with van der Waals surface area (Å²) in [7, 11) is 0. The number of nitrogens with one attached hydrogen (secondary N) is 1. The SMILES string of the molecule is CCC(C(=O)Nc1cc(Cl)cc(Cl)c1)n1c(=O)cc(C)c2cc(C)cc(C)c21. The van der Waals surface area contributed by atoms with Crippen LogP contribution in [0.2, 0.25) is 10.0 Å². The molecule has 3 rings (SSSR count). The van der Waals surface area contributed by atoms with Crippen LogP contribution in [-0.2, 0) is 4.79 Å². The van der Waals surface area contributed by atoms with Crippen molar-refractivity contribution >= 4 is 45.7 Å². The average molecular weight is 417 g/mol. The van der Waals surface area contributed by atoms with Gasteiger partial charge in [0.05, 0.1) is 5.52 Å². The van der Waals surface area contributed by atoms with E-state index in [9.17, 15) is 9.59 Å². The van der Waals surface area contributed by atoms with Crippen LogP contribution in [0.3, 0.4) is 0 Å². The number of benzene rings is 2. The second kappa shape index (κ2) is 7.98. The molecule has 0 bridgehead atoms. The molecule has 0 aliphatic heterocycles. The maximum Gasteiger partial charge on any atom is 0.252 e. The molecule has 1 N–H and O–H groups in total. The van der Waals surface area contributed by atoms with Crippen molar-refractivity contribution < 1.29 is 4.79 Å². The standard InChI is InChI=1S/C22H22Cl2N2O2/c1-5-19(22(28)25-17-10-15(23)9-16(24)11-17)26-20(27)8-13(3)18-7-12(2)6-14(4)21(18)26/h6-11,19H,5H2,1-4H3,(H,25,28).